The van der Waals surface area contributed by atoms with E-state index >= 15 is 0 Å². The summed E-state index contributed by atoms with van der Waals surface area (Å²) in [5.41, 5.74) is -0.647. The molecule has 4 heterocycles. The highest BCUT2D eigenvalue weighted by Gasteiger charge is 2.69. The van der Waals surface area contributed by atoms with Crippen molar-refractivity contribution in [2.45, 2.75) is 83.1 Å². The maximum atomic E-state index is 13.0. The van der Waals surface area contributed by atoms with Crippen LogP contribution in [0.15, 0.2) is 0 Å². The number of alkyl halides is 2. The Labute approximate surface area is 135 Å². The molecular weight excluding hydrogens is 306 g/mol. The summed E-state index contributed by atoms with van der Waals surface area (Å²) in [7, 11) is 0. The van der Waals surface area contributed by atoms with E-state index in [1.165, 1.54) is 0 Å². The second-order valence-corrected chi connectivity index (χ2v) is 8.07. The van der Waals surface area contributed by atoms with Crippen molar-refractivity contribution in [1.29, 1.82) is 0 Å². The molecule has 5 aliphatic rings. The minimum atomic E-state index is -2.37. The molecule has 1 saturated carbocycles. The maximum Gasteiger partial charge on any atom is 0.241 e. The lowest BCUT2D eigenvalue weighted by atomic mass is 9.57. The van der Waals surface area contributed by atoms with Crippen molar-refractivity contribution < 1.29 is 28.0 Å². The van der Waals surface area contributed by atoms with Crippen molar-refractivity contribution in [3.63, 3.8) is 0 Å². The van der Waals surface area contributed by atoms with Crippen LogP contribution in [0, 0.1) is 23.7 Å². The Bertz CT molecular complexity index is 476. The van der Waals surface area contributed by atoms with Gasteiger partial charge in [0.25, 0.3) is 0 Å². The first-order valence-corrected chi connectivity index (χ1v) is 8.84. The molecule has 5 fully saturated rings. The third-order valence-corrected chi connectivity index (χ3v) is 6.71. The third kappa shape index (κ3) is 2.29. The standard InChI is InChI=1S/C17H26F2O4/c1-9-4-5-12-10(2)13(8-14(18)19)20-15-17(12)11(9)6-7-16(3,21-15)22-23-17/h9-15H,4-8H2,1-3H3/t9-,10-,11+,12+,13-,15-,16+,17-/m1/s1. The molecule has 132 valence electrons. The molecule has 0 N–H and O–H groups in total. The largest absolute Gasteiger partial charge is 0.346 e. The zero-order valence-electron chi connectivity index (χ0n) is 14.0. The summed E-state index contributed by atoms with van der Waals surface area (Å²) in [6, 6.07) is 0. The molecule has 4 saturated heterocycles. The van der Waals surface area contributed by atoms with Gasteiger partial charge in [-0.3, -0.25) is 0 Å². The van der Waals surface area contributed by atoms with Gasteiger partial charge in [-0.25, -0.2) is 18.6 Å². The minimum absolute atomic E-state index is 0.00454. The second-order valence-electron chi connectivity index (χ2n) is 8.07. The van der Waals surface area contributed by atoms with Crippen LogP contribution >= 0.6 is 0 Å². The van der Waals surface area contributed by atoms with E-state index in [1.807, 2.05) is 13.8 Å². The summed E-state index contributed by atoms with van der Waals surface area (Å²) in [6.45, 7) is 6.10. The average Bonchev–Trinajstić information content (AvgIpc) is 2.70. The molecule has 0 amide bonds. The van der Waals surface area contributed by atoms with Gasteiger partial charge >= 0.3 is 0 Å². The third-order valence-electron chi connectivity index (χ3n) is 6.71. The van der Waals surface area contributed by atoms with Gasteiger partial charge in [-0.2, -0.15) is 0 Å². The quantitative estimate of drug-likeness (QED) is 0.719. The highest BCUT2D eigenvalue weighted by atomic mass is 19.3. The van der Waals surface area contributed by atoms with Crippen LogP contribution in [0.25, 0.3) is 0 Å². The number of rotatable bonds is 2. The molecule has 6 heteroatoms. The lowest BCUT2D eigenvalue weighted by Crippen LogP contribution is -2.70. The van der Waals surface area contributed by atoms with E-state index in [0.717, 1.165) is 25.7 Å². The highest BCUT2D eigenvalue weighted by molar-refractivity contribution is 5.09. The number of fused-ring (bicyclic) bond motifs is 2. The molecule has 4 nitrogen and oxygen atoms in total. The second kappa shape index (κ2) is 5.35. The molecule has 4 aliphatic heterocycles. The fourth-order valence-corrected chi connectivity index (χ4v) is 5.42. The first kappa shape index (κ1) is 16.2. The Balaban J connectivity index is 1.73. The fourth-order valence-electron chi connectivity index (χ4n) is 5.42. The van der Waals surface area contributed by atoms with Gasteiger partial charge in [0.05, 0.1) is 6.10 Å². The normalized spacial score (nSPS) is 55.6. The number of halogens is 2. The first-order valence-electron chi connectivity index (χ1n) is 8.84. The zero-order chi connectivity index (χ0) is 16.4. The molecular formula is C17H26F2O4. The topological polar surface area (TPSA) is 36.9 Å². The van der Waals surface area contributed by atoms with Gasteiger partial charge in [-0.1, -0.05) is 13.8 Å². The smallest absolute Gasteiger partial charge is 0.241 e. The van der Waals surface area contributed by atoms with Crippen molar-refractivity contribution in [3.05, 3.63) is 0 Å². The highest BCUT2D eigenvalue weighted by Crippen LogP contribution is 2.60. The van der Waals surface area contributed by atoms with Crippen LogP contribution < -0.4 is 0 Å². The van der Waals surface area contributed by atoms with E-state index in [2.05, 4.69) is 6.92 Å². The van der Waals surface area contributed by atoms with E-state index in [9.17, 15) is 8.78 Å². The molecule has 8 atom stereocenters. The monoisotopic (exact) mass is 332 g/mol. The van der Waals surface area contributed by atoms with Gasteiger partial charge in [-0.15, -0.1) is 0 Å². The van der Waals surface area contributed by atoms with Gasteiger partial charge in [0.2, 0.25) is 12.2 Å². The van der Waals surface area contributed by atoms with Crippen LogP contribution in [-0.4, -0.2) is 30.2 Å². The van der Waals surface area contributed by atoms with Crippen LogP contribution in [0.2, 0.25) is 0 Å². The Hall–Kier alpha value is -0.300. The molecule has 1 spiro atoms. The molecule has 0 unspecified atom stereocenters. The predicted octanol–water partition coefficient (Wildman–Crippen LogP) is 3.89. The van der Waals surface area contributed by atoms with E-state index in [4.69, 9.17) is 19.2 Å². The Kier molecular flexibility index (Phi) is 3.76. The van der Waals surface area contributed by atoms with Gasteiger partial charge in [0, 0.05) is 18.8 Å². The number of hydrogen-bond acceptors (Lipinski definition) is 4. The lowest BCUT2D eigenvalue weighted by molar-refractivity contribution is -0.571. The molecule has 5 rings (SSSR count). The lowest BCUT2D eigenvalue weighted by Gasteiger charge is -2.60. The van der Waals surface area contributed by atoms with Crippen LogP contribution in [0.4, 0.5) is 8.78 Å². The summed E-state index contributed by atoms with van der Waals surface area (Å²) >= 11 is 0. The van der Waals surface area contributed by atoms with Gasteiger partial charge < -0.3 is 9.47 Å². The molecule has 2 bridgehead atoms. The van der Waals surface area contributed by atoms with Crippen LogP contribution in [0.1, 0.15) is 52.9 Å². The Morgan fingerprint density at radius 2 is 1.87 bits per heavy atom. The number of ether oxygens (including phenoxy) is 2. The summed E-state index contributed by atoms with van der Waals surface area (Å²) in [6.07, 6.45) is 0.0242. The predicted molar refractivity (Wildman–Crippen MR) is 77.4 cm³/mol. The van der Waals surface area contributed by atoms with E-state index in [1.54, 1.807) is 0 Å². The average molecular weight is 332 g/mol. The molecule has 0 aromatic carbocycles. The van der Waals surface area contributed by atoms with E-state index in [0.29, 0.717) is 5.92 Å². The van der Waals surface area contributed by atoms with E-state index in [-0.39, 0.29) is 24.2 Å². The maximum absolute atomic E-state index is 13.0. The van der Waals surface area contributed by atoms with Crippen molar-refractivity contribution >= 4 is 0 Å². The summed E-state index contributed by atoms with van der Waals surface area (Å²) < 4.78 is 38.1. The summed E-state index contributed by atoms with van der Waals surface area (Å²) in [5, 5.41) is 0. The van der Waals surface area contributed by atoms with Crippen LogP contribution in [0.3, 0.4) is 0 Å². The fraction of sp³-hybridized carbons (Fsp3) is 1.00. The van der Waals surface area contributed by atoms with Crippen molar-refractivity contribution in [2.24, 2.45) is 23.7 Å². The zero-order valence-corrected chi connectivity index (χ0v) is 14.0. The SMILES string of the molecule is C[C@H]1[C@@H](CC(F)F)O[C@@H]2O[C@]3(C)CC[C@H]4[C@H](C)CC[C@@H]1[C@@]24OO3. The van der Waals surface area contributed by atoms with Gasteiger partial charge in [0.1, 0.15) is 0 Å². The molecule has 0 aromatic rings. The van der Waals surface area contributed by atoms with Crippen LogP contribution in [-0.2, 0) is 19.2 Å². The van der Waals surface area contributed by atoms with Gasteiger partial charge in [-0.05, 0) is 43.9 Å². The minimum Gasteiger partial charge on any atom is -0.346 e. The molecule has 0 radical (unpaired) electrons. The molecule has 23 heavy (non-hydrogen) atoms. The number of hydrogen-bond donors (Lipinski definition) is 0. The van der Waals surface area contributed by atoms with Crippen LogP contribution in [0.5, 0.6) is 0 Å². The Morgan fingerprint density at radius 1 is 1.09 bits per heavy atom. The Morgan fingerprint density at radius 3 is 2.61 bits per heavy atom. The van der Waals surface area contributed by atoms with E-state index < -0.39 is 30.2 Å². The molecule has 1 aliphatic carbocycles. The van der Waals surface area contributed by atoms with Crippen molar-refractivity contribution in [1.82, 2.24) is 0 Å². The first-order chi connectivity index (χ1) is 10.9. The van der Waals surface area contributed by atoms with Crippen molar-refractivity contribution in [2.75, 3.05) is 0 Å². The summed E-state index contributed by atoms with van der Waals surface area (Å²) in [5.74, 6) is 0.0705. The van der Waals surface area contributed by atoms with Gasteiger partial charge in [0.15, 0.2) is 11.9 Å². The molecule has 0 aromatic heterocycles. The summed E-state index contributed by atoms with van der Waals surface area (Å²) in [4.78, 5) is 11.7. The van der Waals surface area contributed by atoms with Crippen molar-refractivity contribution in [3.8, 4) is 0 Å².